The van der Waals surface area contributed by atoms with Gasteiger partial charge in [0.2, 0.25) is 5.88 Å². The van der Waals surface area contributed by atoms with Crippen LogP contribution in [0.5, 0.6) is 5.88 Å². The summed E-state index contributed by atoms with van der Waals surface area (Å²) in [5.41, 5.74) is 3.06. The minimum atomic E-state index is -0.451. The molecule has 0 atom stereocenters. The number of nitrogens with zero attached hydrogens (tertiary/aromatic N) is 2. The number of aromatic nitrogens is 2. The summed E-state index contributed by atoms with van der Waals surface area (Å²) in [5, 5.41) is 10.8. The number of H-pyrrole nitrogens is 1. The van der Waals surface area contributed by atoms with Crippen molar-refractivity contribution in [3.8, 4) is 5.88 Å². The molecular formula is C27H25N3O2S. The van der Waals surface area contributed by atoms with Gasteiger partial charge in [0, 0.05) is 18.7 Å². The van der Waals surface area contributed by atoms with Crippen molar-refractivity contribution in [3.05, 3.63) is 128 Å². The highest BCUT2D eigenvalue weighted by Crippen LogP contribution is 2.27. The van der Waals surface area contributed by atoms with E-state index in [0.717, 1.165) is 12.0 Å². The maximum atomic E-state index is 12.4. The molecule has 6 heteroatoms. The Hall–Kier alpha value is -3.77. The second kappa shape index (κ2) is 10.7. The lowest BCUT2D eigenvalue weighted by Crippen LogP contribution is -2.19. The molecule has 0 spiro atoms. The van der Waals surface area contributed by atoms with E-state index in [1.54, 1.807) is 0 Å². The highest BCUT2D eigenvalue weighted by molar-refractivity contribution is 7.71. The molecule has 1 aromatic heterocycles. The van der Waals surface area contributed by atoms with Crippen molar-refractivity contribution < 1.29 is 5.11 Å². The van der Waals surface area contributed by atoms with Crippen LogP contribution in [-0.2, 0) is 6.54 Å². The maximum absolute atomic E-state index is 12.4. The lowest BCUT2D eigenvalue weighted by molar-refractivity contribution is 0.411. The van der Waals surface area contributed by atoms with Gasteiger partial charge in [-0.1, -0.05) is 91.0 Å². The van der Waals surface area contributed by atoms with E-state index >= 15 is 0 Å². The summed E-state index contributed by atoms with van der Waals surface area (Å²) in [6.07, 6.45) is 2.21. The van der Waals surface area contributed by atoms with Gasteiger partial charge in [0.25, 0.3) is 5.56 Å². The van der Waals surface area contributed by atoms with E-state index in [1.807, 2.05) is 66.7 Å². The highest BCUT2D eigenvalue weighted by Gasteiger charge is 2.14. The molecule has 0 bridgehead atoms. The van der Waals surface area contributed by atoms with E-state index in [1.165, 1.54) is 21.9 Å². The van der Waals surface area contributed by atoms with Gasteiger partial charge in [0.15, 0.2) is 4.77 Å². The summed E-state index contributed by atoms with van der Waals surface area (Å²) < 4.78 is 1.68. The van der Waals surface area contributed by atoms with Crippen molar-refractivity contribution in [1.82, 2.24) is 9.55 Å². The van der Waals surface area contributed by atoms with Crippen LogP contribution in [0.1, 0.15) is 34.6 Å². The fraction of sp³-hybridized carbons (Fsp3) is 0.148. The van der Waals surface area contributed by atoms with Gasteiger partial charge in [0.1, 0.15) is 5.56 Å². The molecule has 0 amide bonds. The molecule has 0 saturated heterocycles. The van der Waals surface area contributed by atoms with Crippen LogP contribution in [0.4, 0.5) is 0 Å². The van der Waals surface area contributed by atoms with Crippen LogP contribution < -0.4 is 5.56 Å². The zero-order valence-corrected chi connectivity index (χ0v) is 18.9. The fourth-order valence-electron chi connectivity index (χ4n) is 3.86. The van der Waals surface area contributed by atoms with Crippen LogP contribution in [0.15, 0.2) is 101 Å². The van der Waals surface area contributed by atoms with Crippen molar-refractivity contribution >= 4 is 18.4 Å². The molecule has 0 saturated carbocycles. The molecular weight excluding hydrogens is 430 g/mol. The SMILES string of the molecule is O=c1[nH]c(=S)n(Cc2ccccc2)c(O)c1C=NCCC(c1ccccc1)c1ccccc1. The number of aliphatic imine (C=N–C) groups is 1. The van der Waals surface area contributed by atoms with E-state index in [4.69, 9.17) is 12.2 Å². The Morgan fingerprint density at radius 3 is 2.03 bits per heavy atom. The van der Waals surface area contributed by atoms with E-state index in [2.05, 4.69) is 34.2 Å². The second-order valence-electron chi connectivity index (χ2n) is 7.77. The number of benzene rings is 3. The van der Waals surface area contributed by atoms with Crippen molar-refractivity contribution in [1.29, 1.82) is 0 Å². The highest BCUT2D eigenvalue weighted by atomic mass is 32.1. The standard InChI is InChI=1S/C27H25N3O2S/c31-25-24(26(32)30(27(33)29-25)19-20-10-4-1-5-11-20)18-28-17-16-23(21-12-6-2-7-13-21)22-14-8-3-9-15-22/h1-15,18,23,32H,16-17,19H2,(H,29,31,33). The van der Waals surface area contributed by atoms with E-state index in [-0.39, 0.29) is 22.1 Å². The summed E-state index contributed by atoms with van der Waals surface area (Å²) in [7, 11) is 0. The molecule has 3 aromatic carbocycles. The molecule has 33 heavy (non-hydrogen) atoms. The molecule has 2 N–H and O–H groups in total. The first-order chi connectivity index (χ1) is 16.1. The Labute approximate surface area is 197 Å². The topological polar surface area (TPSA) is 70.4 Å². The van der Waals surface area contributed by atoms with Gasteiger partial charge in [0.05, 0.1) is 6.54 Å². The third-order valence-corrected chi connectivity index (χ3v) is 5.88. The van der Waals surface area contributed by atoms with E-state index < -0.39 is 5.56 Å². The number of aromatic amines is 1. The number of nitrogens with one attached hydrogen (secondary N) is 1. The van der Waals surface area contributed by atoms with Gasteiger partial charge in [-0.15, -0.1) is 0 Å². The number of rotatable bonds is 8. The van der Waals surface area contributed by atoms with Crippen molar-refractivity contribution in [2.24, 2.45) is 4.99 Å². The van der Waals surface area contributed by atoms with Crippen LogP contribution in [-0.4, -0.2) is 27.4 Å². The molecule has 0 aliphatic carbocycles. The predicted octanol–water partition coefficient (Wildman–Crippen LogP) is 5.30. The average Bonchev–Trinajstić information content (AvgIpc) is 2.85. The largest absolute Gasteiger partial charge is 0.494 e. The summed E-state index contributed by atoms with van der Waals surface area (Å²) >= 11 is 5.27. The molecule has 4 aromatic rings. The Morgan fingerprint density at radius 1 is 0.909 bits per heavy atom. The molecule has 0 radical (unpaired) electrons. The Balaban J connectivity index is 1.54. The summed E-state index contributed by atoms with van der Waals surface area (Å²) in [6, 6.07) is 30.3. The molecule has 4 rings (SSSR count). The van der Waals surface area contributed by atoms with E-state index in [9.17, 15) is 9.90 Å². The van der Waals surface area contributed by atoms with Crippen molar-refractivity contribution in [3.63, 3.8) is 0 Å². The lowest BCUT2D eigenvalue weighted by Gasteiger charge is -2.17. The summed E-state index contributed by atoms with van der Waals surface area (Å²) in [6.45, 7) is 0.856. The van der Waals surface area contributed by atoms with Gasteiger partial charge in [-0.25, -0.2) is 0 Å². The second-order valence-corrected chi connectivity index (χ2v) is 8.15. The van der Waals surface area contributed by atoms with Gasteiger partial charge in [-0.2, -0.15) is 0 Å². The van der Waals surface area contributed by atoms with E-state index in [0.29, 0.717) is 13.1 Å². The molecule has 0 aliphatic rings. The van der Waals surface area contributed by atoms with Gasteiger partial charge >= 0.3 is 0 Å². The van der Waals surface area contributed by atoms with Crippen molar-refractivity contribution in [2.75, 3.05) is 6.54 Å². The Morgan fingerprint density at radius 2 is 1.45 bits per heavy atom. The van der Waals surface area contributed by atoms with Crippen LogP contribution in [0.3, 0.4) is 0 Å². The monoisotopic (exact) mass is 455 g/mol. The smallest absolute Gasteiger partial charge is 0.264 e. The van der Waals surface area contributed by atoms with Crippen LogP contribution in [0.25, 0.3) is 0 Å². The maximum Gasteiger partial charge on any atom is 0.264 e. The van der Waals surface area contributed by atoms with Crippen LogP contribution >= 0.6 is 12.2 Å². The van der Waals surface area contributed by atoms with Crippen LogP contribution in [0.2, 0.25) is 0 Å². The molecule has 5 nitrogen and oxygen atoms in total. The Kier molecular flexibility index (Phi) is 7.27. The lowest BCUT2D eigenvalue weighted by atomic mass is 9.89. The summed E-state index contributed by atoms with van der Waals surface area (Å²) in [4.78, 5) is 19.6. The zero-order chi connectivity index (χ0) is 23.0. The van der Waals surface area contributed by atoms with Crippen LogP contribution in [0, 0.1) is 4.77 Å². The first kappa shape index (κ1) is 22.4. The van der Waals surface area contributed by atoms with Gasteiger partial charge in [-0.05, 0) is 35.3 Å². The molecule has 166 valence electrons. The van der Waals surface area contributed by atoms with Gasteiger partial charge < -0.3 is 5.11 Å². The predicted molar refractivity (Wildman–Crippen MR) is 135 cm³/mol. The molecule has 0 unspecified atom stereocenters. The van der Waals surface area contributed by atoms with Crippen molar-refractivity contribution in [2.45, 2.75) is 18.9 Å². The minimum Gasteiger partial charge on any atom is -0.494 e. The number of hydrogen-bond acceptors (Lipinski definition) is 4. The quantitative estimate of drug-likeness (QED) is 0.280. The third kappa shape index (κ3) is 5.54. The third-order valence-electron chi connectivity index (χ3n) is 5.56. The molecule has 0 fully saturated rings. The fourth-order valence-corrected chi connectivity index (χ4v) is 4.10. The number of aromatic hydroxyl groups is 1. The van der Waals surface area contributed by atoms with Gasteiger partial charge in [-0.3, -0.25) is 19.3 Å². The molecule has 1 heterocycles. The first-order valence-corrected chi connectivity index (χ1v) is 11.2. The summed E-state index contributed by atoms with van der Waals surface area (Å²) in [5.74, 6) is 0.00786. The molecule has 0 aliphatic heterocycles. The minimum absolute atomic E-state index is 0.107. The Bertz CT molecular complexity index is 1290. The number of hydrogen-bond donors (Lipinski definition) is 2. The normalized spacial score (nSPS) is 11.3. The first-order valence-electron chi connectivity index (χ1n) is 10.8. The average molecular weight is 456 g/mol. The zero-order valence-electron chi connectivity index (χ0n) is 18.1.